The van der Waals surface area contributed by atoms with Crippen LogP contribution in [0.25, 0.3) is 0 Å². The molecule has 88 valence electrons. The molecule has 3 heteroatoms. The van der Waals surface area contributed by atoms with Gasteiger partial charge in [0, 0.05) is 19.0 Å². The first-order valence-corrected chi connectivity index (χ1v) is 5.68. The van der Waals surface area contributed by atoms with E-state index in [1.54, 1.807) is 0 Å². The largest absolute Gasteiger partial charge is 0.352 e. The first-order valence-electron chi connectivity index (χ1n) is 5.68. The van der Waals surface area contributed by atoms with Crippen LogP contribution in [-0.4, -0.2) is 18.5 Å². The number of amides is 1. The van der Waals surface area contributed by atoms with E-state index in [0.717, 1.165) is 0 Å². The molecule has 1 unspecified atom stereocenters. The van der Waals surface area contributed by atoms with E-state index in [1.165, 1.54) is 5.56 Å². The van der Waals surface area contributed by atoms with Crippen LogP contribution in [0, 0.1) is 0 Å². The van der Waals surface area contributed by atoms with Gasteiger partial charge in [-0.3, -0.25) is 4.79 Å². The first-order chi connectivity index (χ1) is 7.63. The van der Waals surface area contributed by atoms with E-state index in [1.807, 2.05) is 37.3 Å². The van der Waals surface area contributed by atoms with Crippen LogP contribution in [0.3, 0.4) is 0 Å². The van der Waals surface area contributed by atoms with Crippen molar-refractivity contribution < 1.29 is 4.79 Å². The summed E-state index contributed by atoms with van der Waals surface area (Å²) in [5.41, 5.74) is 6.64. The summed E-state index contributed by atoms with van der Waals surface area (Å²) in [4.78, 5) is 11.6. The Hall–Kier alpha value is -1.35. The van der Waals surface area contributed by atoms with Crippen molar-refractivity contribution in [1.82, 2.24) is 5.32 Å². The Labute approximate surface area is 97.0 Å². The monoisotopic (exact) mass is 220 g/mol. The van der Waals surface area contributed by atoms with E-state index < -0.39 is 0 Å². The molecule has 1 aromatic carbocycles. The highest BCUT2D eigenvalue weighted by Crippen LogP contribution is 2.17. The lowest BCUT2D eigenvalue weighted by molar-refractivity contribution is -0.121. The molecule has 0 bridgehead atoms. The Kier molecular flexibility index (Phi) is 4.99. The average Bonchev–Trinajstić information content (AvgIpc) is 2.29. The number of rotatable bonds is 5. The average molecular weight is 220 g/mol. The zero-order valence-electron chi connectivity index (χ0n) is 9.94. The summed E-state index contributed by atoms with van der Waals surface area (Å²) in [6, 6.07) is 10.1. The van der Waals surface area contributed by atoms with Gasteiger partial charge in [-0.1, -0.05) is 37.3 Å². The number of carbonyl (C=O) groups is 1. The van der Waals surface area contributed by atoms with Crippen molar-refractivity contribution in [3.05, 3.63) is 35.9 Å². The molecule has 0 fully saturated rings. The Morgan fingerprint density at radius 1 is 1.31 bits per heavy atom. The second-order valence-electron chi connectivity index (χ2n) is 4.22. The first kappa shape index (κ1) is 12.7. The van der Waals surface area contributed by atoms with Crippen LogP contribution in [0.1, 0.15) is 31.7 Å². The van der Waals surface area contributed by atoms with Gasteiger partial charge in [-0.2, -0.15) is 0 Å². The molecule has 0 saturated carbocycles. The van der Waals surface area contributed by atoms with Gasteiger partial charge in [0.1, 0.15) is 0 Å². The van der Waals surface area contributed by atoms with Crippen LogP contribution in [0.15, 0.2) is 30.3 Å². The number of nitrogens with two attached hydrogens (primary N) is 1. The van der Waals surface area contributed by atoms with E-state index in [4.69, 9.17) is 5.73 Å². The maximum absolute atomic E-state index is 11.6. The lowest BCUT2D eigenvalue weighted by Crippen LogP contribution is -2.38. The summed E-state index contributed by atoms with van der Waals surface area (Å²) >= 11 is 0. The molecule has 0 saturated heterocycles. The number of hydrogen-bond donors (Lipinski definition) is 2. The Balaban J connectivity index is 2.46. The normalized spacial score (nSPS) is 14.2. The third-order valence-corrected chi connectivity index (χ3v) is 2.62. The molecule has 0 spiro atoms. The highest BCUT2D eigenvalue weighted by molar-refractivity contribution is 5.77. The lowest BCUT2D eigenvalue weighted by atomic mass is 9.97. The molecule has 0 aliphatic heterocycles. The SMILES string of the molecule is CC(CC(=O)N[C@@H](C)CN)c1ccccc1. The van der Waals surface area contributed by atoms with E-state index in [2.05, 4.69) is 12.2 Å². The van der Waals surface area contributed by atoms with Crippen molar-refractivity contribution in [2.75, 3.05) is 6.54 Å². The third-order valence-electron chi connectivity index (χ3n) is 2.62. The standard InChI is InChI=1S/C13H20N2O/c1-10(12-6-4-3-5-7-12)8-13(16)15-11(2)9-14/h3-7,10-11H,8-9,14H2,1-2H3,(H,15,16)/t10?,11-/m0/s1. The fourth-order valence-corrected chi connectivity index (χ4v) is 1.57. The molecular weight excluding hydrogens is 200 g/mol. The van der Waals surface area contributed by atoms with Crippen molar-refractivity contribution in [3.63, 3.8) is 0 Å². The van der Waals surface area contributed by atoms with E-state index in [0.29, 0.717) is 13.0 Å². The van der Waals surface area contributed by atoms with Crippen molar-refractivity contribution in [1.29, 1.82) is 0 Å². The zero-order chi connectivity index (χ0) is 12.0. The van der Waals surface area contributed by atoms with Gasteiger partial charge >= 0.3 is 0 Å². The molecule has 1 aromatic rings. The molecule has 3 N–H and O–H groups in total. The fraction of sp³-hybridized carbons (Fsp3) is 0.462. The van der Waals surface area contributed by atoms with Crippen LogP contribution in [-0.2, 0) is 4.79 Å². The van der Waals surface area contributed by atoms with Crippen LogP contribution < -0.4 is 11.1 Å². The van der Waals surface area contributed by atoms with Gasteiger partial charge in [-0.25, -0.2) is 0 Å². The molecule has 0 aliphatic carbocycles. The predicted molar refractivity (Wildman–Crippen MR) is 66.1 cm³/mol. The van der Waals surface area contributed by atoms with E-state index >= 15 is 0 Å². The van der Waals surface area contributed by atoms with Crippen molar-refractivity contribution >= 4 is 5.91 Å². The number of carbonyl (C=O) groups excluding carboxylic acids is 1. The summed E-state index contributed by atoms with van der Waals surface area (Å²) in [5.74, 6) is 0.306. The van der Waals surface area contributed by atoms with Crippen LogP contribution >= 0.6 is 0 Å². The highest BCUT2D eigenvalue weighted by atomic mass is 16.1. The highest BCUT2D eigenvalue weighted by Gasteiger charge is 2.12. The van der Waals surface area contributed by atoms with E-state index in [9.17, 15) is 4.79 Å². The second kappa shape index (κ2) is 6.28. The lowest BCUT2D eigenvalue weighted by Gasteiger charge is -2.15. The third kappa shape index (κ3) is 4.03. The number of benzene rings is 1. The minimum atomic E-state index is 0.0514. The van der Waals surface area contributed by atoms with Gasteiger partial charge in [-0.05, 0) is 18.4 Å². The summed E-state index contributed by atoms with van der Waals surface area (Å²) < 4.78 is 0. The molecule has 0 heterocycles. The van der Waals surface area contributed by atoms with Crippen molar-refractivity contribution in [2.24, 2.45) is 5.73 Å². The van der Waals surface area contributed by atoms with Crippen molar-refractivity contribution in [3.8, 4) is 0 Å². The van der Waals surface area contributed by atoms with Gasteiger partial charge in [0.05, 0.1) is 0 Å². The zero-order valence-corrected chi connectivity index (χ0v) is 9.94. The molecule has 0 aromatic heterocycles. The topological polar surface area (TPSA) is 55.1 Å². The molecule has 1 amide bonds. The maximum Gasteiger partial charge on any atom is 0.220 e. The smallest absolute Gasteiger partial charge is 0.220 e. The molecular formula is C13H20N2O. The van der Waals surface area contributed by atoms with Crippen LogP contribution in [0.5, 0.6) is 0 Å². The van der Waals surface area contributed by atoms with Gasteiger partial charge in [-0.15, -0.1) is 0 Å². The number of nitrogens with one attached hydrogen (secondary N) is 1. The summed E-state index contributed by atoms with van der Waals surface area (Å²) in [6.45, 7) is 4.44. The van der Waals surface area contributed by atoms with Gasteiger partial charge in [0.2, 0.25) is 5.91 Å². The van der Waals surface area contributed by atoms with E-state index in [-0.39, 0.29) is 17.9 Å². The Morgan fingerprint density at radius 3 is 2.50 bits per heavy atom. The molecule has 0 radical (unpaired) electrons. The molecule has 3 nitrogen and oxygen atoms in total. The molecule has 0 aliphatic rings. The summed E-state index contributed by atoms with van der Waals surface area (Å²) in [7, 11) is 0. The van der Waals surface area contributed by atoms with Crippen LogP contribution in [0.4, 0.5) is 0 Å². The fourth-order valence-electron chi connectivity index (χ4n) is 1.57. The van der Waals surface area contributed by atoms with Gasteiger partial charge in [0.25, 0.3) is 0 Å². The Morgan fingerprint density at radius 2 is 1.94 bits per heavy atom. The summed E-state index contributed by atoms with van der Waals surface area (Å²) in [6.07, 6.45) is 0.508. The summed E-state index contributed by atoms with van der Waals surface area (Å²) in [5, 5.41) is 2.87. The van der Waals surface area contributed by atoms with Gasteiger partial charge < -0.3 is 11.1 Å². The quantitative estimate of drug-likeness (QED) is 0.792. The molecule has 2 atom stereocenters. The molecule has 1 rings (SSSR count). The maximum atomic E-state index is 11.6. The second-order valence-corrected chi connectivity index (χ2v) is 4.22. The van der Waals surface area contributed by atoms with Gasteiger partial charge in [0.15, 0.2) is 0 Å². The molecule has 16 heavy (non-hydrogen) atoms. The Bertz CT molecular complexity index is 324. The predicted octanol–water partition coefficient (Wildman–Crippen LogP) is 1.64. The van der Waals surface area contributed by atoms with Crippen LogP contribution in [0.2, 0.25) is 0 Å². The minimum Gasteiger partial charge on any atom is -0.352 e. The number of hydrogen-bond acceptors (Lipinski definition) is 2. The van der Waals surface area contributed by atoms with Crippen molar-refractivity contribution in [2.45, 2.75) is 32.2 Å². The minimum absolute atomic E-state index is 0.0514.